The molecule has 0 radical (unpaired) electrons. The second kappa shape index (κ2) is 17.2. The van der Waals surface area contributed by atoms with Crippen molar-refractivity contribution in [1.29, 1.82) is 0 Å². The largest absolute Gasteiger partial charge is 1.00 e. The van der Waals surface area contributed by atoms with Crippen LogP contribution in [0.25, 0.3) is 33.4 Å². The first-order valence-electron chi connectivity index (χ1n) is 22.6. The summed E-state index contributed by atoms with van der Waals surface area (Å²) < 4.78 is 4.45. The summed E-state index contributed by atoms with van der Waals surface area (Å²) in [5, 5.41) is 0. The topological polar surface area (TPSA) is 0 Å². The molecular formula is C56H74Cl2Zr. The van der Waals surface area contributed by atoms with Crippen molar-refractivity contribution < 1.29 is 45.1 Å². The Bertz CT molecular complexity index is 2060. The third-order valence-corrected chi connectivity index (χ3v) is 30.3. The van der Waals surface area contributed by atoms with Crippen molar-refractivity contribution in [2.24, 2.45) is 0 Å². The van der Waals surface area contributed by atoms with E-state index in [2.05, 4.69) is 188 Å². The maximum Gasteiger partial charge on any atom is -1.00 e. The number of unbranched alkanes of at least 4 members (excludes halogenated alkanes) is 2. The van der Waals surface area contributed by atoms with Crippen molar-refractivity contribution in [3.63, 3.8) is 0 Å². The zero-order valence-electron chi connectivity index (χ0n) is 39.2. The van der Waals surface area contributed by atoms with Gasteiger partial charge in [0, 0.05) is 0 Å². The summed E-state index contributed by atoms with van der Waals surface area (Å²) in [5.41, 5.74) is 18.0. The molecule has 1 aliphatic heterocycles. The second-order valence-electron chi connectivity index (χ2n) is 22.5. The van der Waals surface area contributed by atoms with Crippen LogP contribution in [0.15, 0.2) is 94.3 Å². The van der Waals surface area contributed by atoms with E-state index >= 15 is 0 Å². The van der Waals surface area contributed by atoms with Gasteiger partial charge in [-0.05, 0) is 0 Å². The van der Waals surface area contributed by atoms with Crippen molar-refractivity contribution in [3.8, 4) is 33.4 Å². The third kappa shape index (κ3) is 8.77. The van der Waals surface area contributed by atoms with Gasteiger partial charge in [0.25, 0.3) is 0 Å². The Morgan fingerprint density at radius 2 is 0.949 bits per heavy atom. The maximum absolute atomic E-state index is 3.21. The molecule has 7 rings (SSSR count). The Hall–Kier alpha value is -2.18. The van der Waals surface area contributed by atoms with E-state index in [9.17, 15) is 0 Å². The smallest absolute Gasteiger partial charge is 1.00 e. The molecule has 2 aliphatic carbocycles. The van der Waals surface area contributed by atoms with E-state index in [0.29, 0.717) is 6.75 Å². The first-order chi connectivity index (χ1) is 26.7. The van der Waals surface area contributed by atoms with E-state index in [1.165, 1.54) is 105 Å². The normalized spacial score (nSPS) is 17.4. The van der Waals surface area contributed by atoms with Crippen LogP contribution in [0.2, 0.25) is 7.25 Å². The van der Waals surface area contributed by atoms with Gasteiger partial charge in [-0.3, -0.25) is 0 Å². The molecule has 316 valence electrons. The number of halogens is 2. The van der Waals surface area contributed by atoms with Crippen molar-refractivity contribution in [2.45, 2.75) is 174 Å². The summed E-state index contributed by atoms with van der Waals surface area (Å²) >= 11 is -3.21. The minimum Gasteiger partial charge on any atom is -1.00 e. The Morgan fingerprint density at radius 3 is 1.27 bits per heavy atom. The predicted octanol–water partition coefficient (Wildman–Crippen LogP) is 11.3. The molecule has 1 fully saturated rings. The molecule has 3 heteroatoms. The Kier molecular flexibility index (Phi) is 13.9. The minimum absolute atomic E-state index is 0. The monoisotopic (exact) mass is 906 g/mol. The molecule has 0 aromatic heterocycles. The standard InChI is InChI=1S/C41H49.C10H20.C5H5.2ClH.Zr/c1-38(2,3)30-17-13-26(14-18-30)34-22-28-21-29-23-35(27-15-19-31(20-16-27)39(4,5)6)37(41(10,11)12)25-33(29)32(28)24-36(34)40(7,8)9;1-4-6-8-10(3)9-7-5-2;1-2-4-5-3-1;;;/h13-25H,1-12H3;3-9H2,1-2H3;1-3H,4H2;2*1H;/q;;;;;+2/p-2. The van der Waals surface area contributed by atoms with Gasteiger partial charge in [-0.25, -0.2) is 0 Å². The first kappa shape index (κ1) is 47.9. The molecule has 0 N–H and O–H groups in total. The van der Waals surface area contributed by atoms with E-state index in [4.69, 9.17) is 0 Å². The van der Waals surface area contributed by atoms with Crippen LogP contribution >= 0.6 is 0 Å². The van der Waals surface area contributed by atoms with E-state index in [1.807, 2.05) is 3.28 Å². The molecule has 4 aromatic rings. The van der Waals surface area contributed by atoms with Gasteiger partial charge in [0.05, 0.1) is 0 Å². The molecule has 0 saturated carbocycles. The fourth-order valence-corrected chi connectivity index (χ4v) is 31.2. The van der Waals surface area contributed by atoms with Crippen LogP contribution in [0.4, 0.5) is 0 Å². The molecule has 1 saturated heterocycles. The van der Waals surface area contributed by atoms with Gasteiger partial charge in [0.15, 0.2) is 0 Å². The molecule has 0 spiro atoms. The fourth-order valence-electron chi connectivity index (χ4n) is 11.0. The second-order valence-corrected chi connectivity index (χ2v) is 33.8. The summed E-state index contributed by atoms with van der Waals surface area (Å²) in [5.74, 6) is 0. The number of allylic oxidation sites excluding steroid dienone is 4. The molecule has 1 heterocycles. The van der Waals surface area contributed by atoms with Gasteiger partial charge in [0.2, 0.25) is 0 Å². The van der Waals surface area contributed by atoms with E-state index < -0.39 is 20.3 Å². The number of benzene rings is 4. The third-order valence-electron chi connectivity index (χ3n) is 14.3. The van der Waals surface area contributed by atoms with Crippen LogP contribution in [0, 0.1) is 0 Å². The maximum atomic E-state index is 2.76. The number of rotatable bonds is 10. The van der Waals surface area contributed by atoms with Crippen LogP contribution in [0.5, 0.6) is 0 Å². The summed E-state index contributed by atoms with van der Waals surface area (Å²) in [6.07, 6.45) is 16.9. The average molecular weight is 909 g/mol. The number of hydrogen-bond acceptors (Lipinski definition) is 0. The SMILES string of the molecule is CCCC[C]1(CCCC)[CH2][Zr+2]1([C]1=CC=CC1)[CH]1c2cc(-c3ccc(C(C)(C)C)cc3)c(C(C)(C)C)cc2-c2cc(C(C)(C)C)c(-c3ccc(C(C)(C)C)cc3)cc21.[Cl-].[Cl-]. The molecule has 0 bridgehead atoms. The van der Waals surface area contributed by atoms with Crippen molar-refractivity contribution >= 4 is 0 Å². The zero-order chi connectivity index (χ0) is 41.3. The van der Waals surface area contributed by atoms with Gasteiger partial charge in [-0.1, -0.05) is 0 Å². The quantitative estimate of drug-likeness (QED) is 0.149. The van der Waals surface area contributed by atoms with Gasteiger partial charge in [-0.2, -0.15) is 0 Å². The average Bonchev–Trinajstić information content (AvgIpc) is 3.42. The number of fused-ring (bicyclic) bond motifs is 3. The van der Waals surface area contributed by atoms with E-state index in [0.717, 1.165) is 0 Å². The van der Waals surface area contributed by atoms with Crippen molar-refractivity contribution in [2.75, 3.05) is 0 Å². The summed E-state index contributed by atoms with van der Waals surface area (Å²) in [6.45, 7) is 33.4. The molecule has 3 aliphatic rings. The van der Waals surface area contributed by atoms with E-state index in [1.54, 1.807) is 11.1 Å². The Morgan fingerprint density at radius 1 is 0.542 bits per heavy atom. The summed E-state index contributed by atoms with van der Waals surface area (Å²) in [4.78, 5) is 0. The molecule has 0 nitrogen and oxygen atoms in total. The molecular weight excluding hydrogens is 835 g/mol. The molecule has 1 unspecified atom stereocenters. The molecule has 0 amide bonds. The van der Waals surface area contributed by atoms with Gasteiger partial charge >= 0.3 is 356 Å². The summed E-state index contributed by atoms with van der Waals surface area (Å²) in [6, 6.07) is 30.2. The fraction of sp³-hybridized carbons (Fsp3) is 0.500. The Labute approximate surface area is 377 Å². The first-order valence-corrected chi connectivity index (χ1v) is 28.2. The zero-order valence-corrected chi connectivity index (χ0v) is 43.1. The van der Waals surface area contributed by atoms with Crippen LogP contribution in [0.3, 0.4) is 0 Å². The molecule has 4 aromatic carbocycles. The van der Waals surface area contributed by atoms with Crippen molar-refractivity contribution in [3.05, 3.63) is 128 Å². The summed E-state index contributed by atoms with van der Waals surface area (Å²) in [7, 11) is 0. The number of hydrogen-bond donors (Lipinski definition) is 0. The van der Waals surface area contributed by atoms with Gasteiger partial charge < -0.3 is 24.8 Å². The van der Waals surface area contributed by atoms with Crippen LogP contribution in [-0.4, -0.2) is 0 Å². The van der Waals surface area contributed by atoms with Crippen LogP contribution < -0.4 is 24.8 Å². The van der Waals surface area contributed by atoms with Crippen molar-refractivity contribution in [1.82, 2.24) is 0 Å². The van der Waals surface area contributed by atoms with E-state index in [-0.39, 0.29) is 46.5 Å². The van der Waals surface area contributed by atoms with Gasteiger partial charge in [0.1, 0.15) is 0 Å². The Balaban J connectivity index is 0.00000331. The molecule has 59 heavy (non-hydrogen) atoms. The van der Waals surface area contributed by atoms with Crippen LogP contribution in [0.1, 0.15) is 179 Å². The predicted molar refractivity (Wildman–Crippen MR) is 248 cm³/mol. The molecule has 1 atom stereocenters. The van der Waals surface area contributed by atoms with Crippen LogP contribution in [-0.2, 0) is 41.9 Å². The minimum atomic E-state index is -3.21. The van der Waals surface area contributed by atoms with Gasteiger partial charge in [-0.15, -0.1) is 0 Å².